The Bertz CT molecular complexity index is 245. The van der Waals surface area contributed by atoms with E-state index in [0.717, 1.165) is 0 Å². The van der Waals surface area contributed by atoms with Crippen molar-refractivity contribution >= 4 is 0 Å². The van der Waals surface area contributed by atoms with Crippen molar-refractivity contribution in [3.63, 3.8) is 0 Å². The first kappa shape index (κ1) is 8.21. The molecule has 0 aromatic heterocycles. The number of halogens is 1. The molecule has 0 radical (unpaired) electrons. The van der Waals surface area contributed by atoms with Gasteiger partial charge in [-0.05, 0) is 12.5 Å². The second-order valence-corrected chi connectivity index (χ2v) is 2.48. The van der Waals surface area contributed by atoms with E-state index in [2.05, 4.69) is 0 Å². The largest absolute Gasteiger partial charge is 0.380 e. The highest BCUT2D eigenvalue weighted by Crippen LogP contribution is 2.11. The Morgan fingerprint density at radius 3 is 2.82 bits per heavy atom. The summed E-state index contributed by atoms with van der Waals surface area (Å²) in [6.07, 6.45) is 0. The van der Waals surface area contributed by atoms with Crippen LogP contribution in [0.5, 0.6) is 0 Å². The summed E-state index contributed by atoms with van der Waals surface area (Å²) in [5, 5.41) is 0. The molecule has 1 aromatic carbocycles. The van der Waals surface area contributed by atoms with E-state index in [1.807, 2.05) is 6.07 Å². The fourth-order valence-electron chi connectivity index (χ4n) is 0.975. The summed E-state index contributed by atoms with van der Waals surface area (Å²) >= 11 is 0. The molecule has 0 spiro atoms. The van der Waals surface area contributed by atoms with Gasteiger partial charge in [-0.15, -0.1) is 0 Å². The maximum Gasteiger partial charge on any atom is 0.131 e. The number of rotatable bonds is 2. The van der Waals surface area contributed by atoms with E-state index in [0.29, 0.717) is 17.7 Å². The first-order valence-corrected chi connectivity index (χ1v) is 3.48. The summed E-state index contributed by atoms with van der Waals surface area (Å²) in [7, 11) is 1.56. The normalized spacial score (nSPS) is 10.1. The molecule has 0 saturated heterocycles. The molecule has 0 unspecified atom stereocenters. The Morgan fingerprint density at radius 1 is 1.45 bits per heavy atom. The molecule has 2 heteroatoms. The van der Waals surface area contributed by atoms with Crippen LogP contribution >= 0.6 is 0 Å². The SMILES string of the molecule is COCc1cccc(C)c1F. The van der Waals surface area contributed by atoms with Gasteiger partial charge in [0, 0.05) is 12.7 Å². The van der Waals surface area contributed by atoms with E-state index in [9.17, 15) is 4.39 Å². The van der Waals surface area contributed by atoms with E-state index in [1.165, 1.54) is 0 Å². The number of hydrogen-bond donors (Lipinski definition) is 0. The predicted octanol–water partition coefficient (Wildman–Crippen LogP) is 2.28. The zero-order valence-corrected chi connectivity index (χ0v) is 6.73. The van der Waals surface area contributed by atoms with Gasteiger partial charge in [0.25, 0.3) is 0 Å². The Morgan fingerprint density at radius 2 is 2.18 bits per heavy atom. The number of methoxy groups -OCH3 is 1. The van der Waals surface area contributed by atoms with Crippen molar-refractivity contribution in [1.29, 1.82) is 0 Å². The molecule has 60 valence electrons. The predicted molar refractivity (Wildman–Crippen MR) is 41.9 cm³/mol. The van der Waals surface area contributed by atoms with Gasteiger partial charge in [0.05, 0.1) is 6.61 Å². The van der Waals surface area contributed by atoms with Gasteiger partial charge in [0.2, 0.25) is 0 Å². The highest BCUT2D eigenvalue weighted by atomic mass is 19.1. The molecule has 0 bridgehead atoms. The second-order valence-electron chi connectivity index (χ2n) is 2.48. The van der Waals surface area contributed by atoms with Crippen molar-refractivity contribution in [2.75, 3.05) is 7.11 Å². The summed E-state index contributed by atoms with van der Waals surface area (Å²) in [6.45, 7) is 2.09. The third kappa shape index (κ3) is 1.77. The third-order valence-corrected chi connectivity index (χ3v) is 1.57. The lowest BCUT2D eigenvalue weighted by Gasteiger charge is -2.02. The van der Waals surface area contributed by atoms with Gasteiger partial charge in [-0.2, -0.15) is 0 Å². The third-order valence-electron chi connectivity index (χ3n) is 1.57. The van der Waals surface area contributed by atoms with E-state index >= 15 is 0 Å². The summed E-state index contributed by atoms with van der Waals surface area (Å²) in [6, 6.07) is 5.30. The van der Waals surface area contributed by atoms with Crippen molar-refractivity contribution < 1.29 is 9.13 Å². The van der Waals surface area contributed by atoms with Crippen molar-refractivity contribution in [3.05, 3.63) is 35.1 Å². The maximum absolute atomic E-state index is 13.1. The van der Waals surface area contributed by atoms with E-state index in [1.54, 1.807) is 26.2 Å². The molecule has 11 heavy (non-hydrogen) atoms. The Labute approximate surface area is 65.8 Å². The summed E-state index contributed by atoms with van der Waals surface area (Å²) in [5.74, 6) is -0.158. The lowest BCUT2D eigenvalue weighted by Crippen LogP contribution is -1.94. The summed E-state index contributed by atoms with van der Waals surface area (Å²) in [4.78, 5) is 0. The Kier molecular flexibility index (Phi) is 2.60. The molecule has 1 aromatic rings. The van der Waals surface area contributed by atoms with Crippen molar-refractivity contribution in [2.24, 2.45) is 0 Å². The van der Waals surface area contributed by atoms with Crippen LogP contribution in [0.2, 0.25) is 0 Å². The van der Waals surface area contributed by atoms with Gasteiger partial charge in [-0.3, -0.25) is 0 Å². The minimum absolute atomic E-state index is 0.158. The molecule has 0 amide bonds. The van der Waals surface area contributed by atoms with Crippen LogP contribution < -0.4 is 0 Å². The van der Waals surface area contributed by atoms with E-state index in [-0.39, 0.29) is 5.82 Å². The van der Waals surface area contributed by atoms with Gasteiger partial charge in [0.15, 0.2) is 0 Å². The average Bonchev–Trinajstić information content (AvgIpc) is 1.99. The van der Waals surface area contributed by atoms with Crippen LogP contribution in [0.3, 0.4) is 0 Å². The monoisotopic (exact) mass is 154 g/mol. The second kappa shape index (κ2) is 3.49. The topological polar surface area (TPSA) is 9.23 Å². The minimum Gasteiger partial charge on any atom is -0.380 e. The van der Waals surface area contributed by atoms with Crippen LogP contribution in [0.15, 0.2) is 18.2 Å². The van der Waals surface area contributed by atoms with Crippen LogP contribution in [-0.2, 0) is 11.3 Å². The minimum atomic E-state index is -0.158. The highest BCUT2D eigenvalue weighted by molar-refractivity contribution is 5.24. The molecule has 0 fully saturated rings. The summed E-state index contributed by atoms with van der Waals surface area (Å²) < 4.78 is 17.9. The van der Waals surface area contributed by atoms with E-state index < -0.39 is 0 Å². The number of benzene rings is 1. The van der Waals surface area contributed by atoms with Crippen LogP contribution in [0.25, 0.3) is 0 Å². The Hall–Kier alpha value is -0.890. The van der Waals surface area contributed by atoms with Crippen LogP contribution in [0.1, 0.15) is 11.1 Å². The number of ether oxygens (including phenoxy) is 1. The van der Waals surface area contributed by atoms with Gasteiger partial charge < -0.3 is 4.74 Å². The van der Waals surface area contributed by atoms with Gasteiger partial charge in [-0.25, -0.2) is 4.39 Å². The van der Waals surface area contributed by atoms with Crippen LogP contribution in [0, 0.1) is 12.7 Å². The van der Waals surface area contributed by atoms with Crippen LogP contribution in [0.4, 0.5) is 4.39 Å². The smallest absolute Gasteiger partial charge is 0.131 e. The van der Waals surface area contributed by atoms with Gasteiger partial charge >= 0.3 is 0 Å². The molecule has 1 rings (SSSR count). The fourth-order valence-corrected chi connectivity index (χ4v) is 0.975. The molecule has 0 aliphatic carbocycles. The molecule has 0 N–H and O–H groups in total. The molecule has 0 heterocycles. The quantitative estimate of drug-likeness (QED) is 0.635. The molecular formula is C9H11FO. The maximum atomic E-state index is 13.1. The molecule has 0 saturated carbocycles. The lowest BCUT2D eigenvalue weighted by atomic mass is 10.1. The highest BCUT2D eigenvalue weighted by Gasteiger charge is 2.02. The number of aryl methyl sites for hydroxylation is 1. The standard InChI is InChI=1S/C9H11FO/c1-7-4-3-5-8(6-11-2)9(7)10/h3-5H,6H2,1-2H3. The summed E-state index contributed by atoms with van der Waals surface area (Å²) in [5.41, 5.74) is 1.28. The zero-order valence-electron chi connectivity index (χ0n) is 6.73. The van der Waals surface area contributed by atoms with Gasteiger partial charge in [0.1, 0.15) is 5.82 Å². The first-order chi connectivity index (χ1) is 5.25. The van der Waals surface area contributed by atoms with Crippen molar-refractivity contribution in [3.8, 4) is 0 Å². The molecule has 0 atom stereocenters. The lowest BCUT2D eigenvalue weighted by molar-refractivity contribution is 0.181. The van der Waals surface area contributed by atoms with Crippen molar-refractivity contribution in [2.45, 2.75) is 13.5 Å². The fraction of sp³-hybridized carbons (Fsp3) is 0.333. The molecule has 0 aliphatic heterocycles. The molecule has 0 aliphatic rings. The molecular weight excluding hydrogens is 143 g/mol. The van der Waals surface area contributed by atoms with Crippen molar-refractivity contribution in [1.82, 2.24) is 0 Å². The first-order valence-electron chi connectivity index (χ1n) is 3.48. The van der Waals surface area contributed by atoms with Gasteiger partial charge in [-0.1, -0.05) is 18.2 Å². The Balaban J connectivity index is 2.96. The zero-order chi connectivity index (χ0) is 8.27. The van der Waals surface area contributed by atoms with Crippen LogP contribution in [-0.4, -0.2) is 7.11 Å². The van der Waals surface area contributed by atoms with E-state index in [4.69, 9.17) is 4.74 Å². The molecule has 1 nitrogen and oxygen atoms in total. The number of hydrogen-bond acceptors (Lipinski definition) is 1. The average molecular weight is 154 g/mol.